The van der Waals surface area contributed by atoms with Gasteiger partial charge in [-0.15, -0.1) is 0 Å². The second kappa shape index (κ2) is 9.60. The Kier molecular flexibility index (Phi) is 6.36. The molecule has 2 N–H and O–H groups in total. The van der Waals surface area contributed by atoms with E-state index in [9.17, 15) is 9.59 Å². The first-order valence-corrected chi connectivity index (χ1v) is 12.1. The molecule has 1 aromatic heterocycles. The molecule has 4 aromatic rings. The maximum Gasteiger partial charge on any atom is 0.332 e. The Morgan fingerprint density at radius 3 is 2.23 bits per heavy atom. The Bertz CT molecular complexity index is 1490. The maximum absolute atomic E-state index is 13.9. The van der Waals surface area contributed by atoms with Crippen molar-refractivity contribution in [2.45, 2.75) is 13.1 Å². The first kappa shape index (κ1) is 23.2. The predicted molar refractivity (Wildman–Crippen MR) is 143 cm³/mol. The molecule has 1 fully saturated rings. The third kappa shape index (κ3) is 4.70. The van der Waals surface area contributed by atoms with Gasteiger partial charge < -0.3 is 15.5 Å². The second-order valence-electron chi connectivity index (χ2n) is 9.10. The van der Waals surface area contributed by atoms with E-state index in [-0.39, 0.29) is 17.8 Å². The maximum atomic E-state index is 13.9. The molecule has 0 amide bonds. The van der Waals surface area contributed by atoms with Gasteiger partial charge in [0.25, 0.3) is 5.56 Å². The monoisotopic (exact) mass is 489 g/mol. The molecular formula is C27H28ClN5O2. The SMILES string of the molecule is CN1CCN(c2cc(Cl)cc3c2c(=O)n(Cc2cccc(N)c2)c(=O)n3Cc2ccccc2)CC1. The average molecular weight is 490 g/mol. The van der Waals surface area contributed by atoms with E-state index in [0.29, 0.717) is 28.2 Å². The number of hydrogen-bond donors (Lipinski definition) is 1. The minimum absolute atomic E-state index is 0.137. The van der Waals surface area contributed by atoms with Gasteiger partial charge in [0, 0.05) is 36.9 Å². The molecule has 1 aliphatic rings. The molecule has 0 atom stereocenters. The normalized spacial score (nSPS) is 14.5. The quantitative estimate of drug-likeness (QED) is 0.435. The highest BCUT2D eigenvalue weighted by molar-refractivity contribution is 6.31. The van der Waals surface area contributed by atoms with Gasteiger partial charge in [-0.2, -0.15) is 0 Å². The van der Waals surface area contributed by atoms with Crippen LogP contribution in [0.4, 0.5) is 11.4 Å². The summed E-state index contributed by atoms with van der Waals surface area (Å²) in [5.74, 6) is 0. The fourth-order valence-corrected chi connectivity index (χ4v) is 4.92. The Balaban J connectivity index is 1.76. The standard InChI is InChI=1S/C27H28ClN5O2/c1-30-10-12-31(13-11-30)23-15-21(28)16-24-25(23)26(34)33(18-20-8-5-9-22(29)14-20)27(35)32(24)17-19-6-3-2-4-7-19/h2-9,14-16H,10-13,17-18,29H2,1H3. The molecule has 2 heterocycles. The summed E-state index contributed by atoms with van der Waals surface area (Å²) >= 11 is 6.56. The summed E-state index contributed by atoms with van der Waals surface area (Å²) in [5.41, 5.74) is 8.94. The molecule has 1 aliphatic heterocycles. The molecule has 0 spiro atoms. The van der Waals surface area contributed by atoms with Gasteiger partial charge in [0.15, 0.2) is 0 Å². The number of hydrogen-bond acceptors (Lipinski definition) is 5. The largest absolute Gasteiger partial charge is 0.399 e. The number of likely N-dealkylation sites (N-methyl/N-ethyl adjacent to an activating group) is 1. The lowest BCUT2D eigenvalue weighted by molar-refractivity contribution is 0.313. The van der Waals surface area contributed by atoms with Crippen LogP contribution in [0.15, 0.2) is 76.3 Å². The number of benzene rings is 3. The molecule has 0 bridgehead atoms. The van der Waals surface area contributed by atoms with Gasteiger partial charge in [-0.25, -0.2) is 4.79 Å². The van der Waals surface area contributed by atoms with Crippen LogP contribution in [0.2, 0.25) is 5.02 Å². The number of rotatable bonds is 5. The van der Waals surface area contributed by atoms with Crippen molar-refractivity contribution < 1.29 is 0 Å². The number of nitrogens with two attached hydrogens (primary N) is 1. The zero-order valence-corrected chi connectivity index (χ0v) is 20.4. The lowest BCUT2D eigenvalue weighted by Crippen LogP contribution is -2.46. The first-order chi connectivity index (χ1) is 16.9. The van der Waals surface area contributed by atoms with Crippen LogP contribution in [0.25, 0.3) is 10.9 Å². The topological polar surface area (TPSA) is 76.5 Å². The summed E-state index contributed by atoms with van der Waals surface area (Å²) in [6.07, 6.45) is 0. The summed E-state index contributed by atoms with van der Waals surface area (Å²) in [4.78, 5) is 32.1. The molecule has 7 nitrogen and oxygen atoms in total. The van der Waals surface area contributed by atoms with Gasteiger partial charge in [0.2, 0.25) is 0 Å². The minimum Gasteiger partial charge on any atom is -0.399 e. The van der Waals surface area contributed by atoms with Crippen molar-refractivity contribution in [3.8, 4) is 0 Å². The smallest absolute Gasteiger partial charge is 0.332 e. The number of nitrogens with zero attached hydrogens (tertiary/aromatic N) is 4. The number of nitrogen functional groups attached to an aromatic ring is 1. The van der Waals surface area contributed by atoms with E-state index >= 15 is 0 Å². The van der Waals surface area contributed by atoms with Gasteiger partial charge in [0.1, 0.15) is 0 Å². The Morgan fingerprint density at radius 1 is 0.829 bits per heavy atom. The van der Waals surface area contributed by atoms with Crippen LogP contribution in [0.3, 0.4) is 0 Å². The zero-order valence-electron chi connectivity index (χ0n) is 19.7. The van der Waals surface area contributed by atoms with Crippen LogP contribution < -0.4 is 21.9 Å². The molecule has 180 valence electrons. The third-order valence-electron chi connectivity index (χ3n) is 6.59. The fourth-order valence-electron chi connectivity index (χ4n) is 4.71. The Labute approximate surface area is 208 Å². The van der Waals surface area contributed by atoms with Gasteiger partial charge >= 0.3 is 5.69 Å². The number of anilines is 2. The fraction of sp³-hybridized carbons (Fsp3) is 0.259. The molecule has 5 rings (SSSR count). The molecule has 35 heavy (non-hydrogen) atoms. The van der Waals surface area contributed by atoms with Gasteiger partial charge in [0.05, 0.1) is 29.7 Å². The summed E-state index contributed by atoms with van der Waals surface area (Å²) < 4.78 is 2.97. The lowest BCUT2D eigenvalue weighted by atomic mass is 10.1. The van der Waals surface area contributed by atoms with Crippen molar-refractivity contribution >= 4 is 33.9 Å². The highest BCUT2D eigenvalue weighted by Crippen LogP contribution is 2.29. The lowest BCUT2D eigenvalue weighted by Gasteiger charge is -2.34. The zero-order chi connectivity index (χ0) is 24.5. The molecule has 8 heteroatoms. The van der Waals surface area contributed by atoms with Crippen molar-refractivity contribution in [2.24, 2.45) is 0 Å². The first-order valence-electron chi connectivity index (χ1n) is 11.7. The summed E-state index contributed by atoms with van der Waals surface area (Å²) in [7, 11) is 2.09. The molecule has 0 radical (unpaired) electrons. The number of piperazine rings is 1. The number of fused-ring (bicyclic) bond motifs is 1. The summed E-state index contributed by atoms with van der Waals surface area (Å²) in [6, 6.07) is 20.6. The third-order valence-corrected chi connectivity index (χ3v) is 6.81. The van der Waals surface area contributed by atoms with Crippen molar-refractivity contribution in [3.63, 3.8) is 0 Å². The highest BCUT2D eigenvalue weighted by atomic mass is 35.5. The average Bonchev–Trinajstić information content (AvgIpc) is 2.85. The van der Waals surface area contributed by atoms with E-state index < -0.39 is 0 Å². The number of aromatic nitrogens is 2. The van der Waals surface area contributed by atoms with E-state index in [4.69, 9.17) is 17.3 Å². The highest BCUT2D eigenvalue weighted by Gasteiger charge is 2.23. The minimum atomic E-state index is -0.375. The van der Waals surface area contributed by atoms with Crippen LogP contribution in [0, 0.1) is 0 Å². The molecular weight excluding hydrogens is 462 g/mol. The van der Waals surface area contributed by atoms with Crippen LogP contribution in [-0.4, -0.2) is 47.3 Å². The van der Waals surface area contributed by atoms with E-state index in [1.54, 1.807) is 22.8 Å². The summed E-state index contributed by atoms with van der Waals surface area (Å²) in [5, 5.41) is 1.01. The van der Waals surface area contributed by atoms with Crippen LogP contribution in [0.5, 0.6) is 0 Å². The van der Waals surface area contributed by atoms with Gasteiger partial charge in [-0.05, 0) is 42.4 Å². The van der Waals surface area contributed by atoms with Crippen molar-refractivity contribution in [3.05, 3.63) is 104 Å². The Morgan fingerprint density at radius 2 is 1.51 bits per heavy atom. The molecule has 3 aromatic carbocycles. The second-order valence-corrected chi connectivity index (χ2v) is 9.54. The van der Waals surface area contributed by atoms with Gasteiger partial charge in [-0.1, -0.05) is 54.1 Å². The predicted octanol–water partition coefficient (Wildman–Crippen LogP) is 3.25. The summed E-state index contributed by atoms with van der Waals surface area (Å²) in [6.45, 7) is 3.79. The van der Waals surface area contributed by atoms with E-state index in [2.05, 4.69) is 16.8 Å². The van der Waals surface area contributed by atoms with E-state index in [1.165, 1.54) is 4.57 Å². The van der Waals surface area contributed by atoms with E-state index in [1.807, 2.05) is 48.5 Å². The Hall–Kier alpha value is -3.55. The molecule has 0 unspecified atom stereocenters. The van der Waals surface area contributed by atoms with Crippen molar-refractivity contribution in [2.75, 3.05) is 43.9 Å². The molecule has 0 aliphatic carbocycles. The molecule has 0 saturated carbocycles. The van der Waals surface area contributed by atoms with Gasteiger partial charge in [-0.3, -0.25) is 13.9 Å². The molecule has 1 saturated heterocycles. The van der Waals surface area contributed by atoms with E-state index in [0.717, 1.165) is 43.0 Å². The van der Waals surface area contributed by atoms with Crippen LogP contribution in [-0.2, 0) is 13.1 Å². The van der Waals surface area contributed by atoms with Crippen molar-refractivity contribution in [1.82, 2.24) is 14.0 Å². The van der Waals surface area contributed by atoms with Crippen LogP contribution >= 0.6 is 11.6 Å². The number of halogens is 1. The van der Waals surface area contributed by atoms with Crippen LogP contribution in [0.1, 0.15) is 11.1 Å². The van der Waals surface area contributed by atoms with Crippen molar-refractivity contribution in [1.29, 1.82) is 0 Å².